The number of fused-ring (bicyclic) bond motifs is 1. The molecule has 0 aliphatic carbocycles. The molecule has 2 aromatic carbocycles. The van der Waals surface area contributed by atoms with Gasteiger partial charge in [-0.3, -0.25) is 9.69 Å². The summed E-state index contributed by atoms with van der Waals surface area (Å²) in [7, 11) is 3.72. The van der Waals surface area contributed by atoms with Gasteiger partial charge in [0, 0.05) is 30.2 Å². The monoisotopic (exact) mass is 336 g/mol. The van der Waals surface area contributed by atoms with Crippen LogP contribution in [0.1, 0.15) is 22.4 Å². The summed E-state index contributed by atoms with van der Waals surface area (Å²) in [5.41, 5.74) is 5.37. The van der Waals surface area contributed by atoms with Crippen LogP contribution in [0, 0.1) is 13.8 Å². The summed E-state index contributed by atoms with van der Waals surface area (Å²) >= 11 is 0. The Morgan fingerprint density at radius 1 is 1.04 bits per heavy atom. The predicted octanol–water partition coefficient (Wildman–Crippen LogP) is 3.79. The Labute approximate surface area is 148 Å². The summed E-state index contributed by atoms with van der Waals surface area (Å²) in [5.74, 6) is 0.857. The molecule has 0 fully saturated rings. The summed E-state index contributed by atoms with van der Waals surface area (Å²) in [4.78, 5) is 18.1. The minimum absolute atomic E-state index is 0.0772. The first-order valence-corrected chi connectivity index (χ1v) is 8.41. The third-order valence-corrected chi connectivity index (χ3v) is 4.39. The van der Waals surface area contributed by atoms with Gasteiger partial charge in [0.2, 0.25) is 0 Å². The van der Waals surface area contributed by atoms with Crippen molar-refractivity contribution in [2.45, 2.75) is 26.9 Å². The van der Waals surface area contributed by atoms with Crippen molar-refractivity contribution in [3.8, 4) is 5.75 Å². The van der Waals surface area contributed by atoms with E-state index in [9.17, 15) is 4.79 Å². The topological polar surface area (TPSA) is 45.3 Å². The zero-order valence-electron chi connectivity index (χ0n) is 15.2. The summed E-state index contributed by atoms with van der Waals surface area (Å²) in [6.45, 7) is 5.54. The van der Waals surface area contributed by atoms with E-state index in [1.807, 2.05) is 32.0 Å². The van der Waals surface area contributed by atoms with Crippen molar-refractivity contribution in [1.82, 2.24) is 9.88 Å². The Balaban J connectivity index is 1.81. The van der Waals surface area contributed by atoms with Gasteiger partial charge in [-0.05, 0) is 55.8 Å². The second-order valence-electron chi connectivity index (χ2n) is 6.68. The van der Waals surface area contributed by atoms with E-state index in [0.717, 1.165) is 40.0 Å². The number of aryl methyl sites for hydroxylation is 2. The molecule has 1 heterocycles. The fourth-order valence-corrected chi connectivity index (χ4v) is 3.23. The lowest BCUT2D eigenvalue weighted by Crippen LogP contribution is -2.19. The van der Waals surface area contributed by atoms with Gasteiger partial charge in [0.1, 0.15) is 5.75 Å². The molecule has 0 aliphatic heterocycles. The van der Waals surface area contributed by atoms with Gasteiger partial charge in [-0.2, -0.15) is 0 Å². The van der Waals surface area contributed by atoms with Crippen molar-refractivity contribution in [3.05, 3.63) is 75.1 Å². The fourth-order valence-electron chi connectivity index (χ4n) is 3.23. The van der Waals surface area contributed by atoms with E-state index in [4.69, 9.17) is 4.74 Å². The van der Waals surface area contributed by atoms with E-state index in [2.05, 4.69) is 35.1 Å². The Hall–Kier alpha value is -2.59. The van der Waals surface area contributed by atoms with Gasteiger partial charge >= 0.3 is 0 Å². The first-order valence-electron chi connectivity index (χ1n) is 8.41. The van der Waals surface area contributed by atoms with Crippen LogP contribution in [0.3, 0.4) is 0 Å². The zero-order valence-corrected chi connectivity index (χ0v) is 15.2. The maximum atomic E-state index is 12.5. The number of methoxy groups -OCH3 is 1. The Morgan fingerprint density at radius 3 is 2.44 bits per heavy atom. The van der Waals surface area contributed by atoms with Crippen LogP contribution in [0.25, 0.3) is 10.9 Å². The lowest BCUT2D eigenvalue weighted by Gasteiger charge is -2.17. The molecule has 4 nitrogen and oxygen atoms in total. The highest BCUT2D eigenvalue weighted by Crippen LogP contribution is 2.17. The van der Waals surface area contributed by atoms with E-state index in [0.29, 0.717) is 6.54 Å². The number of hydrogen-bond donors (Lipinski definition) is 1. The molecule has 3 aromatic rings. The molecule has 0 aliphatic rings. The van der Waals surface area contributed by atoms with E-state index >= 15 is 0 Å². The van der Waals surface area contributed by atoms with E-state index in [1.165, 1.54) is 5.56 Å². The number of nitrogens with one attached hydrogen (secondary N) is 1. The molecule has 1 aromatic heterocycles. The van der Waals surface area contributed by atoms with Crippen LogP contribution in [-0.2, 0) is 13.1 Å². The second-order valence-corrected chi connectivity index (χ2v) is 6.68. The number of ether oxygens (including phenoxy) is 1. The van der Waals surface area contributed by atoms with Gasteiger partial charge in [-0.15, -0.1) is 0 Å². The number of pyridine rings is 1. The molecule has 25 heavy (non-hydrogen) atoms. The largest absolute Gasteiger partial charge is 0.497 e. The van der Waals surface area contributed by atoms with Gasteiger partial charge in [0.25, 0.3) is 0 Å². The highest BCUT2D eigenvalue weighted by atomic mass is 16.5. The molecule has 0 bridgehead atoms. The van der Waals surface area contributed by atoms with Crippen LogP contribution < -0.4 is 10.2 Å². The molecular formula is C21H24N2O2. The van der Waals surface area contributed by atoms with Crippen LogP contribution in [-0.4, -0.2) is 24.0 Å². The van der Waals surface area contributed by atoms with Crippen molar-refractivity contribution in [2.24, 2.45) is 0 Å². The normalized spacial score (nSPS) is 11.2. The minimum Gasteiger partial charge on any atom is -0.497 e. The smallest absolute Gasteiger partial charge is 0.189 e. The first kappa shape index (κ1) is 17.2. The van der Waals surface area contributed by atoms with E-state index in [1.54, 1.807) is 13.2 Å². The van der Waals surface area contributed by atoms with Gasteiger partial charge in [0.05, 0.1) is 12.6 Å². The molecule has 0 saturated carbocycles. The summed E-state index contributed by atoms with van der Waals surface area (Å²) in [6, 6.07) is 13.8. The summed E-state index contributed by atoms with van der Waals surface area (Å²) in [5, 5.41) is 0.763. The van der Waals surface area contributed by atoms with Crippen LogP contribution in [0.4, 0.5) is 0 Å². The van der Waals surface area contributed by atoms with Crippen LogP contribution in [0.2, 0.25) is 0 Å². The number of benzene rings is 2. The predicted molar refractivity (Wildman–Crippen MR) is 102 cm³/mol. The number of aromatic nitrogens is 1. The third-order valence-electron chi connectivity index (χ3n) is 4.39. The molecule has 0 radical (unpaired) electrons. The molecule has 0 amide bonds. The van der Waals surface area contributed by atoms with E-state index < -0.39 is 0 Å². The van der Waals surface area contributed by atoms with E-state index in [-0.39, 0.29) is 5.43 Å². The highest BCUT2D eigenvalue weighted by molar-refractivity contribution is 5.82. The lowest BCUT2D eigenvalue weighted by atomic mass is 10.1. The average molecular weight is 336 g/mol. The van der Waals surface area contributed by atoms with Crippen molar-refractivity contribution < 1.29 is 4.74 Å². The summed E-state index contributed by atoms with van der Waals surface area (Å²) < 4.78 is 5.19. The number of hydrogen-bond acceptors (Lipinski definition) is 3. The SMILES string of the molecule is COc1ccc(CN(C)Cc2cc(=O)c3cc(C)cc(C)c3[nH]2)cc1. The Bertz CT molecular complexity index is 943. The number of rotatable bonds is 5. The van der Waals surface area contributed by atoms with Gasteiger partial charge in [-0.1, -0.05) is 18.2 Å². The molecular weight excluding hydrogens is 312 g/mol. The minimum atomic E-state index is 0.0772. The molecule has 1 N–H and O–H groups in total. The van der Waals surface area contributed by atoms with Gasteiger partial charge in [-0.25, -0.2) is 0 Å². The Kier molecular flexibility index (Phi) is 4.91. The molecule has 0 spiro atoms. The summed E-state index contributed by atoms with van der Waals surface area (Å²) in [6.07, 6.45) is 0. The quantitative estimate of drug-likeness (QED) is 0.771. The number of nitrogens with zero attached hydrogens (tertiary/aromatic N) is 1. The van der Waals surface area contributed by atoms with Crippen molar-refractivity contribution in [3.63, 3.8) is 0 Å². The number of H-pyrrole nitrogens is 1. The van der Waals surface area contributed by atoms with Crippen molar-refractivity contribution >= 4 is 10.9 Å². The standard InChI is InChI=1S/C21H24N2O2/c1-14-9-15(2)21-19(10-14)20(24)11-17(22-21)13-23(3)12-16-5-7-18(25-4)8-6-16/h5-11H,12-13H2,1-4H3,(H,22,24). The second kappa shape index (κ2) is 7.11. The van der Waals surface area contributed by atoms with Crippen LogP contribution in [0.15, 0.2) is 47.3 Å². The molecule has 0 atom stereocenters. The maximum absolute atomic E-state index is 12.5. The average Bonchev–Trinajstić information content (AvgIpc) is 2.56. The number of aromatic amines is 1. The molecule has 4 heteroatoms. The highest BCUT2D eigenvalue weighted by Gasteiger charge is 2.08. The molecule has 3 rings (SSSR count). The Morgan fingerprint density at radius 2 is 1.76 bits per heavy atom. The fraction of sp³-hybridized carbons (Fsp3) is 0.286. The first-order chi connectivity index (χ1) is 12.0. The van der Waals surface area contributed by atoms with Crippen molar-refractivity contribution in [2.75, 3.05) is 14.2 Å². The van der Waals surface area contributed by atoms with Crippen molar-refractivity contribution in [1.29, 1.82) is 0 Å². The maximum Gasteiger partial charge on any atom is 0.189 e. The van der Waals surface area contributed by atoms with Gasteiger partial charge < -0.3 is 9.72 Å². The van der Waals surface area contributed by atoms with Crippen LogP contribution in [0.5, 0.6) is 5.75 Å². The zero-order chi connectivity index (χ0) is 18.0. The van der Waals surface area contributed by atoms with Crippen LogP contribution >= 0.6 is 0 Å². The molecule has 130 valence electrons. The molecule has 0 saturated heterocycles. The molecule has 0 unspecified atom stereocenters. The third kappa shape index (κ3) is 3.91. The van der Waals surface area contributed by atoms with Gasteiger partial charge in [0.15, 0.2) is 5.43 Å². The lowest BCUT2D eigenvalue weighted by molar-refractivity contribution is 0.315.